The number of rotatable bonds is 8. The van der Waals surface area contributed by atoms with E-state index >= 15 is 0 Å². The number of carbonyl (C=O) groups excluding carboxylic acids is 1. The highest BCUT2D eigenvalue weighted by atomic mass is 35.5. The summed E-state index contributed by atoms with van der Waals surface area (Å²) in [6.45, 7) is 9.48. The molecule has 0 fully saturated rings. The van der Waals surface area contributed by atoms with Gasteiger partial charge in [-0.3, -0.25) is 9.10 Å². The first-order chi connectivity index (χ1) is 14.8. The Hall–Kier alpha value is -1.96. The lowest BCUT2D eigenvalue weighted by Gasteiger charge is -2.30. The minimum atomic E-state index is -3.79. The highest BCUT2D eigenvalue weighted by Gasteiger charge is 2.30. The molecule has 2 atom stereocenters. The van der Waals surface area contributed by atoms with Crippen LogP contribution in [0.3, 0.4) is 0 Å². The molecule has 2 aromatic rings. The number of aryl methyl sites for hydroxylation is 1. The van der Waals surface area contributed by atoms with Gasteiger partial charge in [-0.05, 0) is 73.7 Å². The molecular weight excluding hydrogens is 471 g/mol. The number of anilines is 1. The quantitative estimate of drug-likeness (QED) is 0.521. The third-order valence-electron chi connectivity index (χ3n) is 5.26. The Kier molecular flexibility index (Phi) is 8.48. The summed E-state index contributed by atoms with van der Waals surface area (Å²) in [5.41, 5.74) is 3.16. The van der Waals surface area contributed by atoms with Gasteiger partial charge in [0.05, 0.1) is 25.1 Å². The number of hydrogen-bond donors (Lipinski definition) is 1. The van der Waals surface area contributed by atoms with Gasteiger partial charge in [-0.25, -0.2) is 8.42 Å². The van der Waals surface area contributed by atoms with E-state index in [1.54, 1.807) is 7.11 Å². The third-order valence-corrected chi connectivity index (χ3v) is 6.93. The summed E-state index contributed by atoms with van der Waals surface area (Å²) < 4.78 is 31.6. The lowest BCUT2D eigenvalue weighted by atomic mass is 9.93. The lowest BCUT2D eigenvalue weighted by molar-refractivity contribution is -0.122. The van der Waals surface area contributed by atoms with Crippen LogP contribution in [-0.4, -0.2) is 33.7 Å². The summed E-state index contributed by atoms with van der Waals surface area (Å²) in [5.74, 6) is 0.592. The number of nitrogens with one attached hydrogen (secondary N) is 1. The standard InChI is InChI=1S/C23H30Cl2N2O4S/c1-13(2)20-12-21(14(3)8-22(20)31-6)15(4)26-23(28)16(5)27(32(7,29)30)19-10-17(24)9-18(25)11-19/h8-13,15-16H,1-7H3,(H,26,28)/t15-,16-/m0/s1. The second-order valence-electron chi connectivity index (χ2n) is 8.20. The second-order valence-corrected chi connectivity index (χ2v) is 10.9. The molecule has 0 saturated heterocycles. The van der Waals surface area contributed by atoms with Gasteiger partial charge in [-0.2, -0.15) is 0 Å². The largest absolute Gasteiger partial charge is 0.496 e. The highest BCUT2D eigenvalue weighted by molar-refractivity contribution is 7.92. The molecule has 1 N–H and O–H groups in total. The molecule has 0 unspecified atom stereocenters. The maximum absolute atomic E-state index is 13.1. The summed E-state index contributed by atoms with van der Waals surface area (Å²) in [5, 5.41) is 3.49. The van der Waals surface area contributed by atoms with Crippen molar-refractivity contribution in [2.24, 2.45) is 0 Å². The fourth-order valence-electron chi connectivity index (χ4n) is 3.70. The number of carbonyl (C=O) groups is 1. The van der Waals surface area contributed by atoms with Crippen molar-refractivity contribution in [1.82, 2.24) is 5.32 Å². The van der Waals surface area contributed by atoms with Crippen molar-refractivity contribution in [3.63, 3.8) is 0 Å². The lowest BCUT2D eigenvalue weighted by Crippen LogP contribution is -2.48. The normalized spacial score (nSPS) is 13.6. The predicted molar refractivity (Wildman–Crippen MR) is 132 cm³/mol. The molecule has 0 bridgehead atoms. The number of halogens is 2. The van der Waals surface area contributed by atoms with E-state index in [1.807, 2.05) is 26.0 Å². The molecule has 1 amide bonds. The van der Waals surface area contributed by atoms with Crippen LogP contribution < -0.4 is 14.4 Å². The Bertz CT molecular complexity index is 1080. The van der Waals surface area contributed by atoms with Crippen molar-refractivity contribution in [2.75, 3.05) is 17.7 Å². The minimum absolute atomic E-state index is 0.225. The predicted octanol–water partition coefficient (Wildman–Crippen LogP) is 5.47. The van der Waals surface area contributed by atoms with Crippen LogP contribution in [0.2, 0.25) is 10.0 Å². The van der Waals surface area contributed by atoms with Gasteiger partial charge < -0.3 is 10.1 Å². The van der Waals surface area contributed by atoms with Gasteiger partial charge in [0, 0.05) is 10.0 Å². The number of methoxy groups -OCH3 is 1. The Labute approximate surface area is 200 Å². The number of nitrogens with zero attached hydrogens (tertiary/aromatic N) is 1. The maximum atomic E-state index is 13.1. The zero-order valence-corrected chi connectivity index (χ0v) is 21.7. The van der Waals surface area contributed by atoms with Gasteiger partial charge in [0.2, 0.25) is 15.9 Å². The van der Waals surface area contributed by atoms with E-state index in [9.17, 15) is 13.2 Å². The van der Waals surface area contributed by atoms with E-state index in [-0.39, 0.29) is 27.7 Å². The third kappa shape index (κ3) is 6.09. The first-order valence-corrected chi connectivity index (χ1v) is 12.8. The van der Waals surface area contributed by atoms with Crippen LogP contribution in [-0.2, 0) is 14.8 Å². The number of benzene rings is 2. The molecular formula is C23H30Cl2N2O4S. The smallest absolute Gasteiger partial charge is 0.244 e. The second kappa shape index (κ2) is 10.3. The van der Waals surface area contributed by atoms with Gasteiger partial charge in [-0.15, -0.1) is 0 Å². The van der Waals surface area contributed by atoms with Crippen molar-refractivity contribution < 1.29 is 17.9 Å². The summed E-state index contributed by atoms with van der Waals surface area (Å²) in [6, 6.07) is 7.03. The van der Waals surface area contributed by atoms with Crippen LogP contribution in [0.15, 0.2) is 30.3 Å². The molecule has 0 aliphatic rings. The summed E-state index contributed by atoms with van der Waals surface area (Å²) >= 11 is 12.1. The van der Waals surface area contributed by atoms with Crippen molar-refractivity contribution >= 4 is 44.8 Å². The Morgan fingerprint density at radius 2 is 1.56 bits per heavy atom. The molecule has 0 heterocycles. The molecule has 2 rings (SSSR count). The van der Waals surface area contributed by atoms with E-state index in [0.29, 0.717) is 0 Å². The molecule has 6 nitrogen and oxygen atoms in total. The Balaban J connectivity index is 2.37. The zero-order valence-electron chi connectivity index (χ0n) is 19.4. The van der Waals surface area contributed by atoms with E-state index in [2.05, 4.69) is 19.2 Å². The average Bonchev–Trinajstić information content (AvgIpc) is 2.65. The van der Waals surface area contributed by atoms with Gasteiger partial charge in [-0.1, -0.05) is 37.0 Å². The van der Waals surface area contributed by atoms with Crippen LogP contribution >= 0.6 is 23.2 Å². The summed E-state index contributed by atoms with van der Waals surface area (Å²) in [6.07, 6.45) is 1.04. The SMILES string of the molecule is COc1cc(C)c([C@H](C)NC(=O)[C@H](C)N(c2cc(Cl)cc(Cl)c2)S(C)(=O)=O)cc1C(C)C. The van der Waals surface area contributed by atoms with Crippen molar-refractivity contribution in [1.29, 1.82) is 0 Å². The van der Waals surface area contributed by atoms with Crippen LogP contribution in [0.25, 0.3) is 0 Å². The Morgan fingerprint density at radius 1 is 1.00 bits per heavy atom. The van der Waals surface area contributed by atoms with Crippen molar-refractivity contribution in [3.8, 4) is 5.75 Å². The molecule has 0 spiro atoms. The summed E-state index contributed by atoms with van der Waals surface area (Å²) in [7, 11) is -2.16. The topological polar surface area (TPSA) is 75.7 Å². The van der Waals surface area contributed by atoms with Crippen LogP contribution in [0, 0.1) is 6.92 Å². The fraction of sp³-hybridized carbons (Fsp3) is 0.435. The zero-order chi connectivity index (χ0) is 24.4. The Morgan fingerprint density at radius 3 is 2.03 bits per heavy atom. The highest BCUT2D eigenvalue weighted by Crippen LogP contribution is 2.33. The molecule has 0 radical (unpaired) electrons. The van der Waals surface area contributed by atoms with E-state index in [4.69, 9.17) is 27.9 Å². The molecule has 0 aromatic heterocycles. The van der Waals surface area contributed by atoms with Crippen LogP contribution in [0.5, 0.6) is 5.75 Å². The van der Waals surface area contributed by atoms with E-state index < -0.39 is 22.0 Å². The molecule has 0 aliphatic heterocycles. The number of amides is 1. The van der Waals surface area contributed by atoms with Crippen molar-refractivity contribution in [2.45, 2.75) is 52.6 Å². The van der Waals surface area contributed by atoms with Gasteiger partial charge in [0.25, 0.3) is 0 Å². The molecule has 176 valence electrons. The van der Waals surface area contributed by atoms with Gasteiger partial charge in [0.1, 0.15) is 11.8 Å². The molecule has 0 aliphatic carbocycles. The van der Waals surface area contributed by atoms with E-state index in [0.717, 1.165) is 33.0 Å². The molecule has 2 aromatic carbocycles. The van der Waals surface area contributed by atoms with Gasteiger partial charge >= 0.3 is 0 Å². The van der Waals surface area contributed by atoms with E-state index in [1.165, 1.54) is 25.1 Å². The molecule has 9 heteroatoms. The minimum Gasteiger partial charge on any atom is -0.496 e. The average molecular weight is 501 g/mol. The fourth-order valence-corrected chi connectivity index (χ4v) is 5.37. The van der Waals surface area contributed by atoms with Crippen LogP contribution in [0.1, 0.15) is 56.3 Å². The monoisotopic (exact) mass is 500 g/mol. The number of sulfonamides is 1. The first kappa shape index (κ1) is 26.3. The molecule has 0 saturated carbocycles. The molecule has 32 heavy (non-hydrogen) atoms. The van der Waals surface area contributed by atoms with Crippen LogP contribution in [0.4, 0.5) is 5.69 Å². The summed E-state index contributed by atoms with van der Waals surface area (Å²) in [4.78, 5) is 13.1. The van der Waals surface area contributed by atoms with Crippen molar-refractivity contribution in [3.05, 3.63) is 57.1 Å². The van der Waals surface area contributed by atoms with Gasteiger partial charge in [0.15, 0.2) is 0 Å². The number of hydrogen-bond acceptors (Lipinski definition) is 4. The number of ether oxygens (including phenoxy) is 1. The first-order valence-electron chi connectivity index (χ1n) is 10.2. The maximum Gasteiger partial charge on any atom is 0.244 e.